The van der Waals surface area contributed by atoms with Crippen molar-refractivity contribution >= 4 is 5.78 Å². The summed E-state index contributed by atoms with van der Waals surface area (Å²) in [5.41, 5.74) is 3.42. The van der Waals surface area contributed by atoms with Crippen molar-refractivity contribution in [1.82, 2.24) is 10.6 Å². The molecule has 36 heavy (non-hydrogen) atoms. The van der Waals surface area contributed by atoms with Crippen LogP contribution in [0.5, 0.6) is 11.5 Å². The Hall–Kier alpha value is -2.37. The Morgan fingerprint density at radius 3 is 1.50 bits per heavy atom. The molecule has 0 bridgehead atoms. The van der Waals surface area contributed by atoms with Gasteiger partial charge in [-0.1, -0.05) is 38.5 Å². The molecule has 0 aliphatic heterocycles. The lowest BCUT2D eigenvalue weighted by atomic mass is 9.95. The minimum absolute atomic E-state index is 0.0893. The van der Waals surface area contributed by atoms with Crippen molar-refractivity contribution in [3.05, 3.63) is 47.5 Å². The number of hydrogen-bond acceptors (Lipinski definition) is 5. The standard InChI is InChI=1S/C31H42N2O3/c34-31-27-15-13-25(35-19-7-17-32-23-9-3-1-4-10-23)21-29(27)30-22-26(14-16-28(30)31)36-20-8-18-33-24-11-5-2-6-12-24/h13-16,21-24,32-33H,1-12,17-20H2. The fraction of sp³-hybridized carbons (Fsp3) is 0.581. The number of nitrogens with one attached hydrogen (secondary N) is 2. The van der Waals surface area contributed by atoms with E-state index in [2.05, 4.69) is 10.6 Å². The molecule has 0 spiro atoms. The van der Waals surface area contributed by atoms with Gasteiger partial charge in [0, 0.05) is 23.2 Å². The highest BCUT2D eigenvalue weighted by Gasteiger charge is 2.27. The van der Waals surface area contributed by atoms with Crippen molar-refractivity contribution in [3.8, 4) is 22.6 Å². The zero-order valence-corrected chi connectivity index (χ0v) is 21.7. The molecule has 0 unspecified atom stereocenters. The second-order valence-corrected chi connectivity index (χ2v) is 10.7. The Bertz CT molecular complexity index is 929. The molecule has 194 valence electrons. The first-order chi connectivity index (χ1) is 17.8. The maximum Gasteiger partial charge on any atom is 0.194 e. The van der Waals surface area contributed by atoms with Crippen LogP contribution in [0.1, 0.15) is 93.0 Å². The maximum absolute atomic E-state index is 12.9. The number of hydrogen-bond donors (Lipinski definition) is 2. The van der Waals surface area contributed by atoms with Crippen molar-refractivity contribution in [1.29, 1.82) is 0 Å². The second-order valence-electron chi connectivity index (χ2n) is 10.7. The molecule has 2 saturated carbocycles. The first-order valence-electron chi connectivity index (χ1n) is 14.3. The summed E-state index contributed by atoms with van der Waals surface area (Å²) >= 11 is 0. The van der Waals surface area contributed by atoms with Crippen LogP contribution in [0.15, 0.2) is 36.4 Å². The summed E-state index contributed by atoms with van der Waals surface area (Å²) in [5.74, 6) is 1.74. The van der Waals surface area contributed by atoms with Crippen LogP contribution in [0.3, 0.4) is 0 Å². The van der Waals surface area contributed by atoms with E-state index in [1.807, 2.05) is 36.4 Å². The van der Waals surface area contributed by atoms with Crippen molar-refractivity contribution < 1.29 is 14.3 Å². The zero-order chi connectivity index (χ0) is 24.6. The summed E-state index contributed by atoms with van der Waals surface area (Å²) in [5, 5.41) is 7.35. The molecule has 5 heteroatoms. The summed E-state index contributed by atoms with van der Waals surface area (Å²) in [4.78, 5) is 12.9. The predicted octanol–water partition coefficient (Wildman–Crippen LogP) is 6.28. The van der Waals surface area contributed by atoms with E-state index < -0.39 is 0 Å². The average Bonchev–Trinajstić information content (AvgIpc) is 3.20. The number of benzene rings is 2. The highest BCUT2D eigenvalue weighted by molar-refractivity contribution is 6.21. The number of rotatable bonds is 12. The number of ether oxygens (including phenoxy) is 2. The topological polar surface area (TPSA) is 59.6 Å². The maximum atomic E-state index is 12.9. The molecule has 5 nitrogen and oxygen atoms in total. The van der Waals surface area contributed by atoms with Crippen LogP contribution >= 0.6 is 0 Å². The molecule has 3 aliphatic rings. The molecule has 2 aromatic rings. The summed E-state index contributed by atoms with van der Waals surface area (Å²) in [6.45, 7) is 3.34. The molecular weight excluding hydrogens is 448 g/mol. The third-order valence-electron chi connectivity index (χ3n) is 8.02. The van der Waals surface area contributed by atoms with Gasteiger partial charge in [-0.2, -0.15) is 0 Å². The highest BCUT2D eigenvalue weighted by atomic mass is 16.5. The summed E-state index contributed by atoms with van der Waals surface area (Å²) in [7, 11) is 0. The molecule has 3 aliphatic carbocycles. The molecule has 0 amide bonds. The minimum atomic E-state index is 0.0893. The number of carbonyl (C=O) groups excluding carboxylic acids is 1. The Balaban J connectivity index is 1.10. The zero-order valence-electron chi connectivity index (χ0n) is 21.7. The van der Waals surface area contributed by atoms with Crippen LogP contribution in [0.25, 0.3) is 11.1 Å². The number of fused-ring (bicyclic) bond motifs is 3. The fourth-order valence-corrected chi connectivity index (χ4v) is 5.96. The van der Waals surface area contributed by atoms with Crippen LogP contribution in [0.4, 0.5) is 0 Å². The van der Waals surface area contributed by atoms with Crippen LogP contribution in [0.2, 0.25) is 0 Å². The molecule has 0 atom stereocenters. The average molecular weight is 491 g/mol. The van der Waals surface area contributed by atoms with E-state index in [1.165, 1.54) is 64.2 Å². The molecule has 0 radical (unpaired) electrons. The monoisotopic (exact) mass is 490 g/mol. The van der Waals surface area contributed by atoms with Crippen LogP contribution in [-0.2, 0) is 0 Å². The Morgan fingerprint density at radius 2 is 1.06 bits per heavy atom. The van der Waals surface area contributed by atoms with E-state index >= 15 is 0 Å². The van der Waals surface area contributed by atoms with E-state index in [0.717, 1.165) is 59.7 Å². The van der Waals surface area contributed by atoms with E-state index in [-0.39, 0.29) is 5.78 Å². The lowest BCUT2D eigenvalue weighted by Crippen LogP contribution is -2.32. The largest absolute Gasteiger partial charge is 0.494 e. The van der Waals surface area contributed by atoms with Gasteiger partial charge in [-0.15, -0.1) is 0 Å². The van der Waals surface area contributed by atoms with Gasteiger partial charge in [0.15, 0.2) is 5.78 Å². The Morgan fingerprint density at radius 1 is 0.611 bits per heavy atom. The van der Waals surface area contributed by atoms with E-state index in [1.54, 1.807) is 0 Å². The molecule has 0 saturated heterocycles. The minimum Gasteiger partial charge on any atom is -0.494 e. The third-order valence-corrected chi connectivity index (χ3v) is 8.02. The molecule has 0 aromatic heterocycles. The van der Waals surface area contributed by atoms with Crippen LogP contribution < -0.4 is 20.1 Å². The van der Waals surface area contributed by atoms with Gasteiger partial charge in [-0.25, -0.2) is 0 Å². The van der Waals surface area contributed by atoms with Crippen molar-refractivity contribution in [3.63, 3.8) is 0 Å². The normalized spacial score (nSPS) is 18.2. The number of carbonyl (C=O) groups is 1. The quantitative estimate of drug-likeness (QED) is 0.293. The van der Waals surface area contributed by atoms with Gasteiger partial charge < -0.3 is 20.1 Å². The predicted molar refractivity (Wildman–Crippen MR) is 145 cm³/mol. The van der Waals surface area contributed by atoms with Gasteiger partial charge in [0.05, 0.1) is 13.2 Å². The smallest absolute Gasteiger partial charge is 0.194 e. The Kier molecular flexibility index (Phi) is 8.95. The summed E-state index contributed by atoms with van der Waals surface area (Å²) in [6.07, 6.45) is 15.4. The Labute approximate surface area is 216 Å². The molecular formula is C31H42N2O3. The summed E-state index contributed by atoms with van der Waals surface area (Å²) in [6, 6.07) is 13.1. The van der Waals surface area contributed by atoms with Gasteiger partial charge in [-0.05, 0) is 99.1 Å². The van der Waals surface area contributed by atoms with Crippen molar-refractivity contribution in [2.75, 3.05) is 26.3 Å². The van der Waals surface area contributed by atoms with Gasteiger partial charge in [-0.3, -0.25) is 4.79 Å². The van der Waals surface area contributed by atoms with E-state index in [4.69, 9.17) is 9.47 Å². The highest BCUT2D eigenvalue weighted by Crippen LogP contribution is 2.40. The molecule has 2 N–H and O–H groups in total. The van der Waals surface area contributed by atoms with Crippen LogP contribution in [-0.4, -0.2) is 44.2 Å². The van der Waals surface area contributed by atoms with Crippen LogP contribution in [0, 0.1) is 0 Å². The van der Waals surface area contributed by atoms with E-state index in [9.17, 15) is 4.79 Å². The molecule has 2 fully saturated rings. The third kappa shape index (κ3) is 6.49. The first-order valence-corrected chi connectivity index (χ1v) is 14.3. The van der Waals surface area contributed by atoms with Gasteiger partial charge >= 0.3 is 0 Å². The molecule has 5 rings (SSSR count). The first kappa shape index (κ1) is 25.3. The lowest BCUT2D eigenvalue weighted by Gasteiger charge is -2.22. The van der Waals surface area contributed by atoms with Gasteiger partial charge in [0.25, 0.3) is 0 Å². The fourth-order valence-electron chi connectivity index (χ4n) is 5.96. The molecule has 2 aromatic carbocycles. The SMILES string of the molecule is O=C1c2ccc(OCCCNC3CCCCC3)cc2-c2cc(OCCCNC3CCCCC3)ccc21. The summed E-state index contributed by atoms with van der Waals surface area (Å²) < 4.78 is 12.1. The molecule has 0 heterocycles. The van der Waals surface area contributed by atoms with Crippen molar-refractivity contribution in [2.45, 2.75) is 89.1 Å². The van der Waals surface area contributed by atoms with E-state index in [0.29, 0.717) is 25.3 Å². The lowest BCUT2D eigenvalue weighted by molar-refractivity contribution is 0.104. The second kappa shape index (κ2) is 12.7. The van der Waals surface area contributed by atoms with Crippen molar-refractivity contribution in [2.24, 2.45) is 0 Å². The van der Waals surface area contributed by atoms with Gasteiger partial charge in [0.1, 0.15) is 11.5 Å². The van der Waals surface area contributed by atoms with Gasteiger partial charge in [0.2, 0.25) is 0 Å². The number of ketones is 1.